The first-order valence-corrected chi connectivity index (χ1v) is 12.4. The highest BCUT2D eigenvalue weighted by molar-refractivity contribution is 7.18. The van der Waals surface area contributed by atoms with Crippen molar-refractivity contribution >= 4 is 34.0 Å². The minimum Gasteiger partial charge on any atom is -0.475 e. The minimum absolute atomic E-state index is 0.803. The number of carbonyl (C=O) groups is 1. The second-order valence-electron chi connectivity index (χ2n) is 8.57. The number of carboxylic acid groups (broad SMARTS) is 1. The number of aromatic amines is 1. The number of H-pyrrole nitrogens is 1. The van der Waals surface area contributed by atoms with Crippen molar-refractivity contribution in [3.05, 3.63) is 95.6 Å². The van der Waals surface area contributed by atoms with Crippen LogP contribution in [0.15, 0.2) is 78.9 Å². The fraction of sp³-hybridized carbons (Fsp3) is 0.143. The van der Waals surface area contributed by atoms with Gasteiger partial charge < -0.3 is 21.1 Å². The van der Waals surface area contributed by atoms with E-state index < -0.39 is 12.1 Å². The zero-order valence-electron chi connectivity index (χ0n) is 20.3. The zero-order chi connectivity index (χ0) is 27.3. The fourth-order valence-electron chi connectivity index (χ4n) is 3.75. The summed E-state index contributed by atoms with van der Waals surface area (Å²) in [6, 6.07) is 27.3. The number of thiophene rings is 1. The lowest BCUT2D eigenvalue weighted by Crippen LogP contribution is -2.21. The Morgan fingerprint density at radius 2 is 1.63 bits per heavy atom. The Bertz CT molecular complexity index is 1540. The smallest absolute Gasteiger partial charge is 0.475 e. The second kappa shape index (κ2) is 11.5. The number of nitrogens with zero attached hydrogens (tertiary/aromatic N) is 1. The van der Waals surface area contributed by atoms with E-state index >= 15 is 0 Å². The van der Waals surface area contributed by atoms with Gasteiger partial charge in [0.15, 0.2) is 0 Å². The molecule has 0 saturated carbocycles. The van der Waals surface area contributed by atoms with Crippen molar-refractivity contribution in [2.75, 3.05) is 5.73 Å². The summed E-state index contributed by atoms with van der Waals surface area (Å²) in [5, 5.41) is 10.6. The average molecular weight is 539 g/mol. The molecule has 10 heteroatoms. The normalized spacial score (nSPS) is 11.3. The van der Waals surface area contributed by atoms with Crippen LogP contribution >= 0.6 is 11.3 Å². The largest absolute Gasteiger partial charge is 0.490 e. The van der Waals surface area contributed by atoms with Gasteiger partial charge in [0.05, 0.1) is 15.9 Å². The third kappa shape index (κ3) is 6.78. The highest BCUT2D eigenvalue weighted by atomic mass is 32.1. The SMILES string of the molecule is Cc1cccc2[nH]c(-c3ccc(-c4ccc(CNCc5cccc(N)c5)cc4)s3)nc12.O=C(O)C(F)(F)F. The number of aliphatic carboxylic acids is 1. The van der Waals surface area contributed by atoms with Gasteiger partial charge in [0.2, 0.25) is 0 Å². The number of nitrogen functional groups attached to an aromatic ring is 1. The summed E-state index contributed by atoms with van der Waals surface area (Å²) < 4.78 is 31.7. The maximum atomic E-state index is 10.6. The van der Waals surface area contributed by atoms with Crippen LogP contribution in [0.5, 0.6) is 0 Å². The molecule has 5 N–H and O–H groups in total. The van der Waals surface area contributed by atoms with Gasteiger partial charge >= 0.3 is 12.1 Å². The number of aryl methyl sites for hydroxylation is 1. The molecule has 0 spiro atoms. The Balaban J connectivity index is 0.000000426. The lowest BCUT2D eigenvalue weighted by atomic mass is 10.1. The van der Waals surface area contributed by atoms with Gasteiger partial charge in [0.25, 0.3) is 0 Å². The monoisotopic (exact) mass is 538 g/mol. The first-order chi connectivity index (χ1) is 18.1. The van der Waals surface area contributed by atoms with Crippen molar-refractivity contribution in [2.24, 2.45) is 0 Å². The van der Waals surface area contributed by atoms with Crippen LogP contribution in [0.25, 0.3) is 32.2 Å². The number of fused-ring (bicyclic) bond motifs is 1. The Hall–Kier alpha value is -4.15. The van der Waals surface area contributed by atoms with Gasteiger partial charge in [-0.25, -0.2) is 9.78 Å². The van der Waals surface area contributed by atoms with Crippen LogP contribution in [0.4, 0.5) is 18.9 Å². The lowest BCUT2D eigenvalue weighted by Gasteiger charge is -2.07. The van der Waals surface area contributed by atoms with Gasteiger partial charge in [-0.1, -0.05) is 48.5 Å². The predicted molar refractivity (Wildman–Crippen MR) is 145 cm³/mol. The molecule has 3 aromatic carbocycles. The van der Waals surface area contributed by atoms with Gasteiger partial charge in [-0.3, -0.25) is 0 Å². The van der Waals surface area contributed by atoms with Crippen molar-refractivity contribution in [1.82, 2.24) is 15.3 Å². The van der Waals surface area contributed by atoms with E-state index in [9.17, 15) is 13.2 Å². The molecule has 2 heterocycles. The topological polar surface area (TPSA) is 104 Å². The van der Waals surface area contributed by atoms with Crippen LogP contribution in [-0.4, -0.2) is 27.2 Å². The molecule has 2 aromatic heterocycles. The van der Waals surface area contributed by atoms with Crippen LogP contribution < -0.4 is 11.1 Å². The molecule has 0 bridgehead atoms. The summed E-state index contributed by atoms with van der Waals surface area (Å²) in [4.78, 5) is 19.5. The number of halogens is 3. The number of rotatable bonds is 6. The number of aromatic nitrogens is 2. The molecule has 0 amide bonds. The first kappa shape index (κ1) is 26.9. The van der Waals surface area contributed by atoms with Crippen LogP contribution in [-0.2, 0) is 17.9 Å². The number of para-hydroxylation sites is 1. The third-order valence-corrected chi connectivity index (χ3v) is 6.79. The van der Waals surface area contributed by atoms with Crippen LogP contribution in [0, 0.1) is 6.92 Å². The molecule has 0 radical (unpaired) electrons. The molecule has 0 aliphatic heterocycles. The quantitative estimate of drug-likeness (QED) is 0.179. The van der Waals surface area contributed by atoms with E-state index in [4.69, 9.17) is 20.6 Å². The molecule has 0 saturated heterocycles. The Morgan fingerprint density at radius 3 is 2.29 bits per heavy atom. The number of nitrogens with one attached hydrogen (secondary N) is 2. The van der Waals surface area contributed by atoms with Crippen LogP contribution in [0.1, 0.15) is 16.7 Å². The van der Waals surface area contributed by atoms with Gasteiger partial charge in [-0.05, 0) is 59.5 Å². The maximum absolute atomic E-state index is 10.6. The highest BCUT2D eigenvalue weighted by Gasteiger charge is 2.38. The summed E-state index contributed by atoms with van der Waals surface area (Å²) in [7, 11) is 0. The standard InChI is InChI=1S/C26H24N4S.C2HF3O2/c1-17-4-2-7-22-25(17)30-26(29-22)24-13-12-23(31-24)20-10-8-18(9-11-20)15-28-16-19-5-3-6-21(27)14-19;3-2(4,5)1(6)7/h2-14,28H,15-16,27H2,1H3,(H,29,30);(H,6,7). The maximum Gasteiger partial charge on any atom is 0.490 e. The van der Waals surface area contributed by atoms with E-state index in [0.29, 0.717) is 0 Å². The number of hydrogen-bond acceptors (Lipinski definition) is 5. The summed E-state index contributed by atoms with van der Waals surface area (Å²) in [6.07, 6.45) is -5.08. The van der Waals surface area contributed by atoms with E-state index in [-0.39, 0.29) is 0 Å². The molecule has 38 heavy (non-hydrogen) atoms. The number of hydrogen-bond donors (Lipinski definition) is 4. The van der Waals surface area contributed by atoms with Crippen molar-refractivity contribution < 1.29 is 23.1 Å². The van der Waals surface area contributed by atoms with Gasteiger partial charge in [0, 0.05) is 23.7 Å². The van der Waals surface area contributed by atoms with Gasteiger partial charge in [-0.2, -0.15) is 13.2 Å². The van der Waals surface area contributed by atoms with Crippen LogP contribution in [0.3, 0.4) is 0 Å². The van der Waals surface area contributed by atoms with E-state index in [1.165, 1.54) is 27.1 Å². The molecule has 196 valence electrons. The fourth-order valence-corrected chi connectivity index (χ4v) is 4.71. The van der Waals surface area contributed by atoms with Crippen LogP contribution in [0.2, 0.25) is 0 Å². The van der Waals surface area contributed by atoms with E-state index in [0.717, 1.165) is 40.5 Å². The van der Waals surface area contributed by atoms with E-state index in [1.807, 2.05) is 18.2 Å². The summed E-state index contributed by atoms with van der Waals surface area (Å²) >= 11 is 1.76. The molecule has 0 aliphatic rings. The Labute approximate surface area is 221 Å². The van der Waals surface area contributed by atoms with Gasteiger partial charge in [0.1, 0.15) is 5.82 Å². The molecule has 0 unspecified atom stereocenters. The third-order valence-electron chi connectivity index (χ3n) is 5.64. The minimum atomic E-state index is -5.08. The van der Waals surface area contributed by atoms with Crippen molar-refractivity contribution in [2.45, 2.75) is 26.2 Å². The summed E-state index contributed by atoms with van der Waals surface area (Å²) in [5.41, 5.74) is 13.7. The molecule has 5 aromatic rings. The summed E-state index contributed by atoms with van der Waals surface area (Å²) in [6.45, 7) is 3.72. The predicted octanol–water partition coefficient (Wildman–Crippen LogP) is 6.77. The summed E-state index contributed by atoms with van der Waals surface area (Å²) in [5.74, 6) is -1.82. The lowest BCUT2D eigenvalue weighted by molar-refractivity contribution is -0.192. The molecular weight excluding hydrogens is 513 g/mol. The van der Waals surface area contributed by atoms with Crippen molar-refractivity contribution in [3.63, 3.8) is 0 Å². The molecule has 6 nitrogen and oxygen atoms in total. The van der Waals surface area contributed by atoms with Gasteiger partial charge in [-0.15, -0.1) is 11.3 Å². The molecule has 0 atom stereocenters. The van der Waals surface area contributed by atoms with E-state index in [2.05, 4.69) is 77.9 Å². The first-order valence-electron chi connectivity index (χ1n) is 11.6. The number of carboxylic acids is 1. The number of benzene rings is 3. The van der Waals surface area contributed by atoms with Crippen molar-refractivity contribution in [1.29, 1.82) is 0 Å². The average Bonchev–Trinajstić information content (AvgIpc) is 3.53. The van der Waals surface area contributed by atoms with E-state index in [1.54, 1.807) is 11.3 Å². The number of imidazole rings is 1. The number of alkyl halides is 3. The molecule has 0 fully saturated rings. The Kier molecular flexibility index (Phi) is 8.13. The molecule has 5 rings (SSSR count). The number of nitrogens with two attached hydrogens (primary N) is 1. The second-order valence-corrected chi connectivity index (χ2v) is 9.65. The Morgan fingerprint density at radius 1 is 0.974 bits per heavy atom. The zero-order valence-corrected chi connectivity index (χ0v) is 21.2. The molecular formula is C28H25F3N4O2S. The number of anilines is 1. The van der Waals surface area contributed by atoms with Crippen molar-refractivity contribution in [3.8, 4) is 21.1 Å². The highest BCUT2D eigenvalue weighted by Crippen LogP contribution is 2.34. The molecule has 0 aliphatic carbocycles.